The third-order valence-electron chi connectivity index (χ3n) is 2.88. The first-order chi connectivity index (χ1) is 8.60. The number of hydrogen-bond donors (Lipinski definition) is 1. The zero-order valence-corrected chi connectivity index (χ0v) is 12.1. The van der Waals surface area contributed by atoms with Crippen LogP contribution in [0.3, 0.4) is 0 Å². The molecular weight excluding hydrogens is 274 g/mol. The average Bonchev–Trinajstić information content (AvgIpc) is 2.38. The summed E-state index contributed by atoms with van der Waals surface area (Å²) in [4.78, 5) is 26.8. The van der Waals surface area contributed by atoms with Gasteiger partial charge in [0.25, 0.3) is 0 Å². The molecule has 2 N–H and O–H groups in total. The molecule has 1 heterocycles. The fourth-order valence-corrected chi connectivity index (χ4v) is 1.88. The number of piperazine rings is 1. The number of methoxy groups -OCH3 is 2. The van der Waals surface area contributed by atoms with Crippen molar-refractivity contribution < 1.29 is 19.1 Å². The molecule has 1 atom stereocenters. The molecule has 1 fully saturated rings. The number of nitrogens with two attached hydrogens (primary N) is 1. The van der Waals surface area contributed by atoms with E-state index in [1.54, 1.807) is 9.80 Å². The summed E-state index contributed by atoms with van der Waals surface area (Å²) in [6, 6.07) is -0.628. The number of ether oxygens (including phenoxy) is 2. The first-order valence-corrected chi connectivity index (χ1v) is 5.90. The molecule has 0 spiro atoms. The van der Waals surface area contributed by atoms with Gasteiger partial charge >= 0.3 is 0 Å². The van der Waals surface area contributed by atoms with Crippen molar-refractivity contribution in [3.63, 3.8) is 0 Å². The summed E-state index contributed by atoms with van der Waals surface area (Å²) in [5, 5.41) is 0. The Hall–Kier alpha value is -0.890. The van der Waals surface area contributed by atoms with Crippen molar-refractivity contribution in [3.05, 3.63) is 0 Å². The molecule has 0 aromatic rings. The molecular formula is C11H22ClN3O4. The lowest BCUT2D eigenvalue weighted by atomic mass is 10.2. The first kappa shape index (κ1) is 18.1. The summed E-state index contributed by atoms with van der Waals surface area (Å²) in [5.41, 5.74) is 5.68. The van der Waals surface area contributed by atoms with E-state index < -0.39 is 6.04 Å². The van der Waals surface area contributed by atoms with Crippen LogP contribution in [0.5, 0.6) is 0 Å². The molecule has 1 unspecified atom stereocenters. The number of carbonyl (C=O) groups excluding carboxylic acids is 2. The normalized spacial score (nSPS) is 16.8. The highest BCUT2D eigenvalue weighted by Crippen LogP contribution is 2.04. The van der Waals surface area contributed by atoms with Gasteiger partial charge in [0.05, 0.1) is 6.61 Å². The van der Waals surface area contributed by atoms with Crippen LogP contribution in [0.4, 0.5) is 0 Å². The third-order valence-corrected chi connectivity index (χ3v) is 2.88. The summed E-state index contributed by atoms with van der Waals surface area (Å²) >= 11 is 0. The lowest BCUT2D eigenvalue weighted by molar-refractivity contribution is -0.142. The van der Waals surface area contributed by atoms with Crippen molar-refractivity contribution in [2.45, 2.75) is 6.04 Å². The van der Waals surface area contributed by atoms with Gasteiger partial charge in [-0.15, -0.1) is 12.4 Å². The van der Waals surface area contributed by atoms with Gasteiger partial charge in [0.1, 0.15) is 12.6 Å². The number of nitrogens with zero attached hydrogens (tertiary/aromatic N) is 2. The monoisotopic (exact) mass is 295 g/mol. The number of carbonyl (C=O) groups is 2. The standard InChI is InChI=1S/C11H21N3O4.ClH/c1-17-7-9(12)11(16)14-5-3-13(4-6-14)10(15)8-18-2;/h9H,3-8,12H2,1-2H3;1H. The summed E-state index contributed by atoms with van der Waals surface area (Å²) < 4.78 is 9.65. The minimum atomic E-state index is -0.628. The van der Waals surface area contributed by atoms with E-state index in [9.17, 15) is 9.59 Å². The Morgan fingerprint density at radius 3 is 2.11 bits per heavy atom. The van der Waals surface area contributed by atoms with Gasteiger partial charge in [0, 0.05) is 40.4 Å². The topological polar surface area (TPSA) is 85.1 Å². The van der Waals surface area contributed by atoms with Crippen LogP contribution in [0.1, 0.15) is 0 Å². The molecule has 0 aromatic carbocycles. The van der Waals surface area contributed by atoms with E-state index in [0.29, 0.717) is 26.2 Å². The highest BCUT2D eigenvalue weighted by molar-refractivity contribution is 5.85. The lowest BCUT2D eigenvalue weighted by Gasteiger charge is -2.35. The minimum Gasteiger partial charge on any atom is -0.383 e. The fraction of sp³-hybridized carbons (Fsp3) is 0.818. The third kappa shape index (κ3) is 5.32. The van der Waals surface area contributed by atoms with Gasteiger partial charge in [0.2, 0.25) is 11.8 Å². The molecule has 7 nitrogen and oxygen atoms in total. The van der Waals surface area contributed by atoms with E-state index in [1.807, 2.05) is 0 Å². The molecule has 0 aromatic heterocycles. The second kappa shape index (κ2) is 9.08. The van der Waals surface area contributed by atoms with Gasteiger partial charge in [-0.25, -0.2) is 0 Å². The minimum absolute atomic E-state index is 0. The Labute approximate surface area is 119 Å². The number of rotatable bonds is 5. The van der Waals surface area contributed by atoms with Gasteiger partial charge in [-0.1, -0.05) is 0 Å². The van der Waals surface area contributed by atoms with E-state index in [2.05, 4.69) is 0 Å². The quantitative estimate of drug-likeness (QED) is 0.681. The van der Waals surface area contributed by atoms with Crippen molar-refractivity contribution in [1.29, 1.82) is 0 Å². The Bertz CT molecular complexity index is 296. The Morgan fingerprint density at radius 2 is 1.63 bits per heavy atom. The van der Waals surface area contributed by atoms with Gasteiger partial charge < -0.3 is 25.0 Å². The van der Waals surface area contributed by atoms with Crippen molar-refractivity contribution in [3.8, 4) is 0 Å². The molecule has 0 saturated carbocycles. The van der Waals surface area contributed by atoms with Crippen LogP contribution in [-0.2, 0) is 19.1 Å². The second-order valence-electron chi connectivity index (χ2n) is 4.20. The van der Waals surface area contributed by atoms with Crippen LogP contribution in [0.25, 0.3) is 0 Å². The molecule has 0 bridgehead atoms. The fourth-order valence-electron chi connectivity index (χ4n) is 1.88. The molecule has 19 heavy (non-hydrogen) atoms. The van der Waals surface area contributed by atoms with Crippen LogP contribution < -0.4 is 5.73 Å². The molecule has 8 heteroatoms. The van der Waals surface area contributed by atoms with Crippen LogP contribution >= 0.6 is 12.4 Å². The van der Waals surface area contributed by atoms with Crippen molar-refractivity contribution >= 4 is 24.2 Å². The van der Waals surface area contributed by atoms with Gasteiger partial charge in [-0.3, -0.25) is 9.59 Å². The molecule has 1 aliphatic rings. The average molecular weight is 296 g/mol. The van der Waals surface area contributed by atoms with Gasteiger partial charge in [0.15, 0.2) is 0 Å². The molecule has 2 amide bonds. The number of halogens is 1. The predicted molar refractivity (Wildman–Crippen MR) is 72.1 cm³/mol. The summed E-state index contributed by atoms with van der Waals surface area (Å²) in [7, 11) is 3.00. The Kier molecular flexibility index (Phi) is 8.66. The SMILES string of the molecule is COCC(=O)N1CCN(C(=O)C(N)COC)CC1.Cl. The highest BCUT2D eigenvalue weighted by atomic mass is 35.5. The van der Waals surface area contributed by atoms with Crippen molar-refractivity contribution in [2.75, 3.05) is 53.6 Å². The van der Waals surface area contributed by atoms with Crippen LogP contribution in [0, 0.1) is 0 Å². The van der Waals surface area contributed by atoms with E-state index in [0.717, 1.165) is 0 Å². The van der Waals surface area contributed by atoms with E-state index in [4.69, 9.17) is 15.2 Å². The maximum absolute atomic E-state index is 11.9. The summed E-state index contributed by atoms with van der Waals surface area (Å²) in [6.45, 7) is 2.34. The molecule has 0 radical (unpaired) electrons. The maximum Gasteiger partial charge on any atom is 0.248 e. The molecule has 0 aliphatic carbocycles. The Morgan fingerprint density at radius 1 is 1.11 bits per heavy atom. The predicted octanol–water partition coefficient (Wildman–Crippen LogP) is -1.30. The molecule has 1 rings (SSSR count). The van der Waals surface area contributed by atoms with Crippen molar-refractivity contribution in [2.24, 2.45) is 5.73 Å². The van der Waals surface area contributed by atoms with Crippen molar-refractivity contribution in [1.82, 2.24) is 9.80 Å². The largest absolute Gasteiger partial charge is 0.383 e. The first-order valence-electron chi connectivity index (χ1n) is 5.90. The lowest BCUT2D eigenvalue weighted by Crippen LogP contribution is -2.55. The van der Waals surface area contributed by atoms with Crippen LogP contribution in [0.2, 0.25) is 0 Å². The van der Waals surface area contributed by atoms with Crippen LogP contribution in [0.15, 0.2) is 0 Å². The smallest absolute Gasteiger partial charge is 0.248 e. The zero-order valence-electron chi connectivity index (χ0n) is 11.3. The molecule has 1 aliphatic heterocycles. The van der Waals surface area contributed by atoms with Crippen LogP contribution in [-0.4, -0.2) is 81.3 Å². The summed E-state index contributed by atoms with van der Waals surface area (Å²) in [6.07, 6.45) is 0. The molecule has 112 valence electrons. The number of hydrogen-bond acceptors (Lipinski definition) is 5. The van der Waals surface area contributed by atoms with E-state index >= 15 is 0 Å². The maximum atomic E-state index is 11.9. The van der Waals surface area contributed by atoms with Gasteiger partial charge in [-0.05, 0) is 0 Å². The number of amides is 2. The van der Waals surface area contributed by atoms with Gasteiger partial charge in [-0.2, -0.15) is 0 Å². The highest BCUT2D eigenvalue weighted by Gasteiger charge is 2.26. The second-order valence-corrected chi connectivity index (χ2v) is 4.20. The summed E-state index contributed by atoms with van der Waals surface area (Å²) in [5.74, 6) is -0.179. The van der Waals surface area contributed by atoms with E-state index in [1.165, 1.54) is 14.2 Å². The molecule has 1 saturated heterocycles. The van der Waals surface area contributed by atoms with E-state index in [-0.39, 0.29) is 37.4 Å². The Balaban J connectivity index is 0.00000324. The zero-order chi connectivity index (χ0) is 13.5.